The van der Waals surface area contributed by atoms with Crippen molar-refractivity contribution >= 4 is 39.0 Å². The zero-order valence-corrected chi connectivity index (χ0v) is 14.7. The molecule has 1 aliphatic heterocycles. The molecule has 1 aromatic carbocycles. The maximum Gasteiger partial charge on any atom is 0.243 e. The van der Waals surface area contributed by atoms with Gasteiger partial charge in [0.15, 0.2) is 0 Å². The quantitative estimate of drug-likeness (QED) is 0.848. The molecule has 1 aliphatic rings. The summed E-state index contributed by atoms with van der Waals surface area (Å²) in [5.74, 6) is 0. The van der Waals surface area contributed by atoms with Crippen molar-refractivity contribution in [2.75, 3.05) is 19.3 Å². The molecule has 0 radical (unpaired) electrons. The Balaban J connectivity index is 2.23. The third kappa shape index (κ3) is 3.11. The van der Waals surface area contributed by atoms with Crippen molar-refractivity contribution in [1.82, 2.24) is 4.31 Å². The molecular weight excluding hydrogens is 324 g/mol. The van der Waals surface area contributed by atoms with Crippen LogP contribution in [0.15, 0.2) is 29.2 Å². The normalized spacial score (nSPS) is 19.3. The molecular formula is C14H20N2O2S3. The topological polar surface area (TPSA) is 63.4 Å². The van der Waals surface area contributed by atoms with Gasteiger partial charge < -0.3 is 5.73 Å². The number of hydrogen-bond acceptors (Lipinski definition) is 4. The van der Waals surface area contributed by atoms with Gasteiger partial charge in [-0.05, 0) is 37.7 Å². The predicted molar refractivity (Wildman–Crippen MR) is 92.2 cm³/mol. The standard InChI is InChI=1S/C14H20N2O2S3/c1-11-5-3-4-6-12(11)21(17,18)16-9-7-14(20-2,8-10-16)13(15)19/h3-6H,7-10H2,1-2H3,(H2,15,19). The van der Waals surface area contributed by atoms with E-state index in [2.05, 4.69) is 0 Å². The highest BCUT2D eigenvalue weighted by Gasteiger charge is 2.40. The van der Waals surface area contributed by atoms with E-state index in [1.807, 2.05) is 25.3 Å². The van der Waals surface area contributed by atoms with Crippen molar-refractivity contribution in [2.45, 2.75) is 29.4 Å². The zero-order valence-electron chi connectivity index (χ0n) is 12.2. The van der Waals surface area contributed by atoms with Crippen LogP contribution in [0.25, 0.3) is 0 Å². The van der Waals surface area contributed by atoms with Crippen LogP contribution < -0.4 is 5.73 Å². The summed E-state index contributed by atoms with van der Waals surface area (Å²) in [5, 5.41) is 0. The van der Waals surface area contributed by atoms with Crippen LogP contribution in [0.3, 0.4) is 0 Å². The fraction of sp³-hybridized carbons (Fsp3) is 0.500. The van der Waals surface area contributed by atoms with Crippen LogP contribution in [0, 0.1) is 6.92 Å². The number of sulfonamides is 1. The number of piperidine rings is 1. The van der Waals surface area contributed by atoms with Crippen LogP contribution >= 0.6 is 24.0 Å². The number of thiocarbonyl (C=S) groups is 1. The second-order valence-corrected chi connectivity index (χ2v) is 8.77. The minimum Gasteiger partial charge on any atom is -0.392 e. The summed E-state index contributed by atoms with van der Waals surface area (Å²) < 4.78 is 26.7. The van der Waals surface area contributed by atoms with E-state index in [0.717, 1.165) is 5.56 Å². The van der Waals surface area contributed by atoms with Crippen molar-refractivity contribution < 1.29 is 8.42 Å². The summed E-state index contributed by atoms with van der Waals surface area (Å²) in [6.45, 7) is 2.72. The molecule has 0 saturated carbocycles. The van der Waals surface area contributed by atoms with Gasteiger partial charge >= 0.3 is 0 Å². The molecule has 0 aromatic heterocycles. The van der Waals surface area contributed by atoms with E-state index < -0.39 is 10.0 Å². The summed E-state index contributed by atoms with van der Waals surface area (Å²) in [4.78, 5) is 0.861. The molecule has 0 unspecified atom stereocenters. The highest BCUT2D eigenvalue weighted by atomic mass is 32.2. The van der Waals surface area contributed by atoms with Gasteiger partial charge in [-0.2, -0.15) is 16.1 Å². The smallest absolute Gasteiger partial charge is 0.243 e. The third-order valence-corrected chi connectivity index (χ3v) is 8.07. The first-order valence-corrected chi connectivity index (χ1v) is 9.82. The predicted octanol–water partition coefficient (Wildman–Crippen LogP) is 2.17. The van der Waals surface area contributed by atoms with Crippen molar-refractivity contribution in [2.24, 2.45) is 5.73 Å². The van der Waals surface area contributed by atoms with Gasteiger partial charge in [0, 0.05) is 13.1 Å². The number of benzene rings is 1. The van der Waals surface area contributed by atoms with Gasteiger partial charge in [-0.1, -0.05) is 30.4 Å². The Morgan fingerprint density at radius 1 is 1.33 bits per heavy atom. The Morgan fingerprint density at radius 3 is 2.38 bits per heavy atom. The van der Waals surface area contributed by atoms with Crippen LogP contribution in [-0.2, 0) is 10.0 Å². The lowest BCUT2D eigenvalue weighted by atomic mass is 9.97. The monoisotopic (exact) mass is 344 g/mol. The van der Waals surface area contributed by atoms with Gasteiger partial charge in [0.05, 0.1) is 14.6 Å². The number of thioether (sulfide) groups is 1. The molecule has 0 aliphatic carbocycles. The first-order valence-electron chi connectivity index (χ1n) is 6.74. The molecule has 4 nitrogen and oxygen atoms in total. The van der Waals surface area contributed by atoms with E-state index >= 15 is 0 Å². The van der Waals surface area contributed by atoms with Gasteiger partial charge in [-0.3, -0.25) is 0 Å². The van der Waals surface area contributed by atoms with Crippen molar-refractivity contribution in [3.8, 4) is 0 Å². The lowest BCUT2D eigenvalue weighted by Crippen LogP contribution is -2.50. The van der Waals surface area contributed by atoms with Gasteiger partial charge in [-0.15, -0.1) is 0 Å². The van der Waals surface area contributed by atoms with E-state index in [4.69, 9.17) is 18.0 Å². The fourth-order valence-electron chi connectivity index (χ4n) is 2.62. The van der Waals surface area contributed by atoms with Crippen LogP contribution in [0.5, 0.6) is 0 Å². The van der Waals surface area contributed by atoms with E-state index in [9.17, 15) is 8.42 Å². The maximum absolute atomic E-state index is 12.7. The van der Waals surface area contributed by atoms with Crippen molar-refractivity contribution in [3.63, 3.8) is 0 Å². The Labute approximate surface area is 136 Å². The van der Waals surface area contributed by atoms with E-state index in [1.54, 1.807) is 28.2 Å². The molecule has 7 heteroatoms. The Morgan fingerprint density at radius 2 is 1.90 bits per heavy atom. The molecule has 1 heterocycles. The molecule has 0 amide bonds. The van der Waals surface area contributed by atoms with Crippen molar-refractivity contribution in [3.05, 3.63) is 29.8 Å². The summed E-state index contributed by atoms with van der Waals surface area (Å²) in [6.07, 6.45) is 3.30. The minimum atomic E-state index is -3.44. The molecule has 2 N–H and O–H groups in total. The summed E-state index contributed by atoms with van der Waals surface area (Å²) in [6, 6.07) is 7.08. The lowest BCUT2D eigenvalue weighted by Gasteiger charge is -2.39. The Hall–Kier alpha value is -0.630. The number of aryl methyl sites for hydroxylation is 1. The molecule has 0 bridgehead atoms. The highest BCUT2D eigenvalue weighted by Crippen LogP contribution is 2.36. The van der Waals surface area contributed by atoms with Crippen LogP contribution in [-0.4, -0.2) is 41.8 Å². The Bertz CT molecular complexity index is 635. The van der Waals surface area contributed by atoms with E-state index in [0.29, 0.717) is 35.8 Å². The molecule has 0 atom stereocenters. The summed E-state index contributed by atoms with van der Waals surface area (Å²) in [5.41, 5.74) is 6.62. The number of rotatable bonds is 4. The second kappa shape index (κ2) is 6.24. The average molecular weight is 345 g/mol. The van der Waals surface area contributed by atoms with Gasteiger partial charge in [0.1, 0.15) is 0 Å². The Kier molecular flexibility index (Phi) is 4.97. The number of hydrogen-bond donors (Lipinski definition) is 1. The maximum atomic E-state index is 12.7. The van der Waals surface area contributed by atoms with Gasteiger partial charge in [0.25, 0.3) is 0 Å². The van der Waals surface area contributed by atoms with Crippen molar-refractivity contribution in [1.29, 1.82) is 0 Å². The highest BCUT2D eigenvalue weighted by molar-refractivity contribution is 8.02. The molecule has 1 fully saturated rings. The summed E-state index contributed by atoms with van der Waals surface area (Å²) >= 11 is 6.79. The third-order valence-electron chi connectivity index (χ3n) is 4.08. The second-order valence-electron chi connectivity index (χ2n) is 5.23. The molecule has 116 valence electrons. The average Bonchev–Trinajstić information content (AvgIpc) is 2.47. The summed E-state index contributed by atoms with van der Waals surface area (Å²) in [7, 11) is -3.44. The molecule has 1 aromatic rings. The van der Waals surface area contributed by atoms with E-state index in [-0.39, 0.29) is 4.75 Å². The van der Waals surface area contributed by atoms with Crippen LogP contribution in [0.1, 0.15) is 18.4 Å². The molecule has 2 rings (SSSR count). The first kappa shape index (κ1) is 16.7. The minimum absolute atomic E-state index is 0.271. The van der Waals surface area contributed by atoms with Crippen LogP contribution in [0.2, 0.25) is 0 Å². The molecule has 0 spiro atoms. The van der Waals surface area contributed by atoms with E-state index in [1.165, 1.54) is 0 Å². The number of nitrogens with two attached hydrogens (primary N) is 1. The SMILES string of the molecule is CSC1(C(N)=S)CCN(S(=O)(=O)c2ccccc2C)CC1. The lowest BCUT2D eigenvalue weighted by molar-refractivity contribution is 0.332. The largest absolute Gasteiger partial charge is 0.392 e. The van der Waals surface area contributed by atoms with Gasteiger partial charge in [0.2, 0.25) is 10.0 Å². The van der Waals surface area contributed by atoms with Crippen LogP contribution in [0.4, 0.5) is 0 Å². The molecule has 1 saturated heterocycles. The fourth-order valence-corrected chi connectivity index (χ4v) is 5.54. The number of nitrogens with zero attached hydrogens (tertiary/aromatic N) is 1. The first-order chi connectivity index (χ1) is 9.83. The zero-order chi connectivity index (χ0) is 15.7. The van der Waals surface area contributed by atoms with Gasteiger partial charge in [-0.25, -0.2) is 8.42 Å². The molecule has 21 heavy (non-hydrogen) atoms.